The van der Waals surface area contributed by atoms with Gasteiger partial charge in [0.15, 0.2) is 13.0 Å². The highest BCUT2D eigenvalue weighted by molar-refractivity contribution is 5.97. The SMILES string of the molecule is O=C1COC(=O)N1.c1cocn1. The largest absolute Gasteiger partial charge is 0.452 e. The van der Waals surface area contributed by atoms with Crippen LogP contribution in [0.5, 0.6) is 0 Å². The van der Waals surface area contributed by atoms with E-state index < -0.39 is 6.09 Å². The summed E-state index contributed by atoms with van der Waals surface area (Å²) in [5.74, 6) is -0.370. The topological polar surface area (TPSA) is 81.4 Å². The molecule has 1 aromatic rings. The number of carbonyl (C=O) groups is 2. The van der Waals surface area contributed by atoms with Crippen molar-refractivity contribution in [3.05, 3.63) is 18.9 Å². The molecular formula is C6H6N2O4. The molecule has 64 valence electrons. The Hall–Kier alpha value is -1.85. The molecule has 1 aromatic heterocycles. The summed E-state index contributed by atoms with van der Waals surface area (Å²) in [6.45, 7) is -0.126. The Morgan fingerprint density at radius 1 is 1.50 bits per heavy atom. The number of rotatable bonds is 0. The molecule has 0 aromatic carbocycles. The molecule has 2 amide bonds. The summed E-state index contributed by atoms with van der Waals surface area (Å²) in [5.41, 5.74) is 0. The van der Waals surface area contributed by atoms with Crippen LogP contribution in [0.2, 0.25) is 0 Å². The highest BCUT2D eigenvalue weighted by Crippen LogP contribution is 1.85. The van der Waals surface area contributed by atoms with Crippen LogP contribution < -0.4 is 5.32 Å². The first kappa shape index (κ1) is 8.25. The van der Waals surface area contributed by atoms with E-state index in [9.17, 15) is 9.59 Å². The minimum atomic E-state index is -0.648. The number of nitrogens with zero attached hydrogens (tertiary/aromatic N) is 1. The van der Waals surface area contributed by atoms with Gasteiger partial charge >= 0.3 is 6.09 Å². The zero-order valence-electron chi connectivity index (χ0n) is 6.02. The van der Waals surface area contributed by atoms with Crippen molar-refractivity contribution in [3.8, 4) is 0 Å². The highest BCUT2D eigenvalue weighted by Gasteiger charge is 2.17. The third kappa shape index (κ3) is 2.82. The fourth-order valence-corrected chi connectivity index (χ4v) is 0.493. The van der Waals surface area contributed by atoms with Crippen molar-refractivity contribution in [2.45, 2.75) is 0 Å². The predicted octanol–water partition coefficient (Wildman–Crippen LogP) is -0.0726. The summed E-state index contributed by atoms with van der Waals surface area (Å²) in [6, 6.07) is 0. The predicted molar refractivity (Wildman–Crippen MR) is 36.0 cm³/mol. The van der Waals surface area contributed by atoms with Gasteiger partial charge in [0.25, 0.3) is 5.91 Å². The first-order chi connectivity index (χ1) is 5.79. The molecule has 0 atom stereocenters. The molecule has 0 unspecified atom stereocenters. The van der Waals surface area contributed by atoms with E-state index in [2.05, 4.69) is 14.1 Å². The van der Waals surface area contributed by atoms with E-state index in [1.54, 1.807) is 6.20 Å². The fraction of sp³-hybridized carbons (Fsp3) is 0.167. The molecule has 6 nitrogen and oxygen atoms in total. The molecular weight excluding hydrogens is 164 g/mol. The van der Waals surface area contributed by atoms with Crippen LogP contribution in [0.25, 0.3) is 0 Å². The van der Waals surface area contributed by atoms with Gasteiger partial charge in [0.2, 0.25) is 0 Å². The number of nitrogens with one attached hydrogen (secondary N) is 1. The fourth-order valence-electron chi connectivity index (χ4n) is 0.493. The highest BCUT2D eigenvalue weighted by atomic mass is 16.6. The lowest BCUT2D eigenvalue weighted by molar-refractivity contribution is -0.119. The average molecular weight is 170 g/mol. The number of oxazole rings is 1. The normalized spacial score (nSPS) is 14.3. The molecule has 2 heterocycles. The Morgan fingerprint density at radius 3 is 2.50 bits per heavy atom. The second-order valence-electron chi connectivity index (χ2n) is 1.80. The number of hydrogen-bond acceptors (Lipinski definition) is 5. The van der Waals surface area contributed by atoms with Gasteiger partial charge in [0, 0.05) is 0 Å². The van der Waals surface area contributed by atoms with Gasteiger partial charge in [-0.2, -0.15) is 0 Å². The standard InChI is InChI=1S/C3H3NO3.C3H3NO/c5-2-1-7-3(6)4-2;1-2-5-3-4-1/h1H2,(H,4,5,6);1-3H. The van der Waals surface area contributed by atoms with Gasteiger partial charge in [-0.25, -0.2) is 9.78 Å². The molecule has 1 saturated heterocycles. The summed E-state index contributed by atoms with van der Waals surface area (Å²) in [5, 5.41) is 1.92. The lowest BCUT2D eigenvalue weighted by Gasteiger charge is -1.78. The first-order valence-corrected chi connectivity index (χ1v) is 3.08. The van der Waals surface area contributed by atoms with Crippen molar-refractivity contribution in [2.75, 3.05) is 6.61 Å². The number of aromatic nitrogens is 1. The maximum Gasteiger partial charge on any atom is 0.414 e. The Morgan fingerprint density at radius 2 is 2.33 bits per heavy atom. The number of alkyl carbamates (subject to hydrolysis) is 1. The quantitative estimate of drug-likeness (QED) is 0.589. The van der Waals surface area contributed by atoms with Gasteiger partial charge in [-0.3, -0.25) is 10.1 Å². The molecule has 2 rings (SSSR count). The summed E-state index contributed by atoms with van der Waals surface area (Å²) < 4.78 is 8.64. The lowest BCUT2D eigenvalue weighted by Crippen LogP contribution is -2.18. The van der Waals surface area contributed by atoms with Crippen molar-refractivity contribution < 1.29 is 18.7 Å². The van der Waals surface area contributed by atoms with E-state index in [4.69, 9.17) is 0 Å². The van der Waals surface area contributed by atoms with Crippen molar-refractivity contribution in [3.63, 3.8) is 0 Å². The zero-order chi connectivity index (χ0) is 8.81. The van der Waals surface area contributed by atoms with Crippen LogP contribution >= 0.6 is 0 Å². The average Bonchev–Trinajstić information content (AvgIpc) is 2.63. The second-order valence-corrected chi connectivity index (χ2v) is 1.80. The smallest absolute Gasteiger partial charge is 0.414 e. The number of carbonyl (C=O) groups excluding carboxylic acids is 2. The van der Waals surface area contributed by atoms with E-state index in [1.165, 1.54) is 12.7 Å². The van der Waals surface area contributed by atoms with Crippen molar-refractivity contribution >= 4 is 12.0 Å². The van der Waals surface area contributed by atoms with Crippen LogP contribution in [-0.4, -0.2) is 23.6 Å². The molecule has 1 aliphatic rings. The molecule has 1 aliphatic heterocycles. The minimum absolute atomic E-state index is 0.126. The number of cyclic esters (lactones) is 1. The van der Waals surface area contributed by atoms with E-state index in [0.717, 1.165) is 0 Å². The molecule has 1 N–H and O–H groups in total. The van der Waals surface area contributed by atoms with Gasteiger partial charge in [-0.1, -0.05) is 0 Å². The maximum atomic E-state index is 10.00. The van der Waals surface area contributed by atoms with Crippen LogP contribution in [0.15, 0.2) is 23.3 Å². The molecule has 0 bridgehead atoms. The van der Waals surface area contributed by atoms with E-state index in [1.807, 2.05) is 5.32 Å². The number of ether oxygens (including phenoxy) is 1. The number of amides is 2. The molecule has 0 radical (unpaired) electrons. The number of imide groups is 1. The van der Waals surface area contributed by atoms with Gasteiger partial charge in [-0.05, 0) is 0 Å². The van der Waals surface area contributed by atoms with Crippen LogP contribution in [0.4, 0.5) is 4.79 Å². The van der Waals surface area contributed by atoms with Crippen molar-refractivity contribution in [1.29, 1.82) is 0 Å². The van der Waals surface area contributed by atoms with Crippen LogP contribution in [-0.2, 0) is 9.53 Å². The Balaban J connectivity index is 0.000000127. The number of hydrogen-bond donors (Lipinski definition) is 1. The van der Waals surface area contributed by atoms with Crippen LogP contribution in [0.3, 0.4) is 0 Å². The minimum Gasteiger partial charge on any atom is -0.452 e. The maximum absolute atomic E-state index is 10.00. The molecule has 0 spiro atoms. The van der Waals surface area contributed by atoms with Crippen LogP contribution in [0.1, 0.15) is 0 Å². The van der Waals surface area contributed by atoms with Gasteiger partial charge in [0.05, 0.1) is 6.20 Å². The lowest BCUT2D eigenvalue weighted by atomic mass is 10.7. The second kappa shape index (κ2) is 4.12. The summed E-state index contributed by atoms with van der Waals surface area (Å²) in [6.07, 6.45) is 3.82. The molecule has 12 heavy (non-hydrogen) atoms. The Bertz CT molecular complexity index is 225. The molecule has 1 fully saturated rings. The summed E-state index contributed by atoms with van der Waals surface area (Å²) >= 11 is 0. The molecule has 0 saturated carbocycles. The monoisotopic (exact) mass is 170 g/mol. The third-order valence-corrected chi connectivity index (χ3v) is 0.923. The Labute approximate surface area is 67.5 Å². The van der Waals surface area contributed by atoms with E-state index in [-0.39, 0.29) is 12.5 Å². The molecule has 0 aliphatic carbocycles. The third-order valence-electron chi connectivity index (χ3n) is 0.923. The first-order valence-electron chi connectivity index (χ1n) is 3.08. The zero-order valence-corrected chi connectivity index (χ0v) is 6.02. The van der Waals surface area contributed by atoms with Gasteiger partial charge in [0.1, 0.15) is 6.26 Å². The van der Waals surface area contributed by atoms with Crippen LogP contribution in [0, 0.1) is 0 Å². The molecule has 6 heteroatoms. The van der Waals surface area contributed by atoms with E-state index >= 15 is 0 Å². The van der Waals surface area contributed by atoms with Crippen molar-refractivity contribution in [2.24, 2.45) is 0 Å². The van der Waals surface area contributed by atoms with Crippen molar-refractivity contribution in [1.82, 2.24) is 10.3 Å². The van der Waals surface area contributed by atoms with E-state index in [0.29, 0.717) is 0 Å². The Kier molecular flexibility index (Phi) is 2.83. The summed E-state index contributed by atoms with van der Waals surface area (Å²) in [7, 11) is 0. The summed E-state index contributed by atoms with van der Waals surface area (Å²) in [4.78, 5) is 23.5. The van der Waals surface area contributed by atoms with Gasteiger partial charge < -0.3 is 9.15 Å². The van der Waals surface area contributed by atoms with Gasteiger partial charge in [-0.15, -0.1) is 0 Å².